The van der Waals surface area contributed by atoms with Crippen LogP contribution in [0, 0.1) is 5.82 Å². The van der Waals surface area contributed by atoms with Crippen LogP contribution < -0.4 is 10.0 Å². The molecule has 0 radical (unpaired) electrons. The molecular weight excluding hydrogens is 355 g/mol. The molecule has 1 aliphatic rings. The van der Waals surface area contributed by atoms with E-state index >= 15 is 0 Å². The monoisotopic (exact) mass is 376 g/mol. The molecule has 25 heavy (non-hydrogen) atoms. The van der Waals surface area contributed by atoms with Crippen molar-refractivity contribution in [1.29, 1.82) is 0 Å². The minimum atomic E-state index is -3.46. The Bertz CT molecular complexity index is 696. The van der Waals surface area contributed by atoms with Gasteiger partial charge in [0.1, 0.15) is 24.1 Å². The molecule has 0 aromatic heterocycles. The summed E-state index contributed by atoms with van der Waals surface area (Å²) in [7, 11) is -3.46. The normalized spacial score (nSPS) is 26.6. The van der Waals surface area contributed by atoms with E-state index in [0.717, 1.165) is 6.26 Å². The van der Waals surface area contributed by atoms with Gasteiger partial charge in [0.2, 0.25) is 15.9 Å². The van der Waals surface area contributed by atoms with Gasteiger partial charge < -0.3 is 20.3 Å². The number of nitrogens with one attached hydrogen (secondary N) is 2. The van der Waals surface area contributed by atoms with Gasteiger partial charge in [0.15, 0.2) is 0 Å². The summed E-state index contributed by atoms with van der Waals surface area (Å²) in [6.45, 7) is -0.0195. The highest BCUT2D eigenvalue weighted by molar-refractivity contribution is 7.88. The molecule has 1 heterocycles. The number of halogens is 1. The summed E-state index contributed by atoms with van der Waals surface area (Å²) in [5.74, 6) is -0.794. The van der Waals surface area contributed by atoms with Crippen LogP contribution in [-0.4, -0.2) is 61.8 Å². The van der Waals surface area contributed by atoms with Gasteiger partial charge in [-0.2, -0.15) is 0 Å². The Morgan fingerprint density at radius 3 is 2.40 bits per heavy atom. The number of aliphatic hydroxyl groups is 2. The average Bonchev–Trinajstić information content (AvgIpc) is 2.80. The number of ether oxygens (including phenoxy) is 1. The summed E-state index contributed by atoms with van der Waals surface area (Å²) in [5.41, 5.74) is 0.706. The smallest absolute Gasteiger partial charge is 0.222 e. The third-order valence-electron chi connectivity index (χ3n) is 3.80. The van der Waals surface area contributed by atoms with E-state index in [1.165, 1.54) is 24.3 Å². The molecule has 0 saturated carbocycles. The quantitative estimate of drug-likeness (QED) is 0.477. The fourth-order valence-corrected chi connectivity index (χ4v) is 2.92. The molecule has 1 fully saturated rings. The van der Waals surface area contributed by atoms with Crippen LogP contribution in [0.25, 0.3) is 0 Å². The molecule has 0 bridgehead atoms. The van der Waals surface area contributed by atoms with E-state index in [1.54, 1.807) is 0 Å². The molecular formula is C15H21FN2O6S. The summed E-state index contributed by atoms with van der Waals surface area (Å²) in [4.78, 5) is 11.9. The molecule has 10 heteroatoms. The van der Waals surface area contributed by atoms with E-state index in [-0.39, 0.29) is 25.3 Å². The maximum absolute atomic E-state index is 12.8. The van der Waals surface area contributed by atoms with Gasteiger partial charge in [0, 0.05) is 13.1 Å². The molecule has 0 aliphatic carbocycles. The Hall–Kier alpha value is -1.59. The summed E-state index contributed by atoms with van der Waals surface area (Å²) in [6.07, 6.45) is -3.73. The molecule has 1 saturated heterocycles. The molecule has 4 N–H and O–H groups in total. The number of rotatable bonds is 7. The van der Waals surface area contributed by atoms with Gasteiger partial charge in [0.25, 0.3) is 0 Å². The van der Waals surface area contributed by atoms with E-state index in [9.17, 15) is 27.8 Å². The molecule has 8 nitrogen and oxygen atoms in total. The van der Waals surface area contributed by atoms with Gasteiger partial charge in [-0.3, -0.25) is 4.79 Å². The zero-order chi connectivity index (χ0) is 18.6. The first kappa shape index (κ1) is 19.7. The maximum atomic E-state index is 12.8. The van der Waals surface area contributed by atoms with Gasteiger partial charge in [-0.15, -0.1) is 0 Å². The number of aliphatic hydroxyl groups excluding tert-OH is 2. The van der Waals surface area contributed by atoms with Crippen molar-refractivity contribution in [2.24, 2.45) is 0 Å². The van der Waals surface area contributed by atoms with Crippen molar-refractivity contribution in [3.05, 3.63) is 35.6 Å². The summed E-state index contributed by atoms with van der Waals surface area (Å²) in [5, 5.41) is 22.4. The third-order valence-corrected chi connectivity index (χ3v) is 4.49. The second kappa shape index (κ2) is 8.19. The highest BCUT2D eigenvalue weighted by Crippen LogP contribution is 2.23. The van der Waals surface area contributed by atoms with E-state index < -0.39 is 40.3 Å². The van der Waals surface area contributed by atoms with Gasteiger partial charge in [-0.05, 0) is 17.7 Å². The van der Waals surface area contributed by atoms with Crippen LogP contribution >= 0.6 is 0 Å². The molecule has 2 rings (SSSR count). The van der Waals surface area contributed by atoms with Crippen LogP contribution in [0.2, 0.25) is 0 Å². The van der Waals surface area contributed by atoms with Crippen molar-refractivity contribution in [3.63, 3.8) is 0 Å². The molecule has 1 aromatic carbocycles. The van der Waals surface area contributed by atoms with Crippen LogP contribution in [0.5, 0.6) is 0 Å². The molecule has 4 atom stereocenters. The van der Waals surface area contributed by atoms with Gasteiger partial charge >= 0.3 is 0 Å². The predicted octanol–water partition coefficient (Wildman–Crippen LogP) is -1.13. The van der Waals surface area contributed by atoms with Crippen molar-refractivity contribution < 1.29 is 32.6 Å². The zero-order valence-electron chi connectivity index (χ0n) is 13.6. The van der Waals surface area contributed by atoms with Crippen molar-refractivity contribution >= 4 is 15.9 Å². The number of carbonyl (C=O) groups is 1. The van der Waals surface area contributed by atoms with Crippen molar-refractivity contribution in [2.45, 2.75) is 37.4 Å². The Morgan fingerprint density at radius 1 is 1.20 bits per heavy atom. The van der Waals surface area contributed by atoms with Gasteiger partial charge in [-0.25, -0.2) is 17.5 Å². The lowest BCUT2D eigenvalue weighted by atomic mass is 10.1. The summed E-state index contributed by atoms with van der Waals surface area (Å²) < 4.78 is 42.5. The van der Waals surface area contributed by atoms with E-state index in [2.05, 4.69) is 10.0 Å². The fraction of sp³-hybridized carbons (Fsp3) is 0.533. The second-order valence-corrected chi connectivity index (χ2v) is 7.76. The molecule has 1 aliphatic heterocycles. The predicted molar refractivity (Wildman–Crippen MR) is 86.4 cm³/mol. The second-order valence-electron chi connectivity index (χ2n) is 5.92. The maximum Gasteiger partial charge on any atom is 0.222 e. The van der Waals surface area contributed by atoms with Crippen LogP contribution in [0.4, 0.5) is 4.39 Å². The summed E-state index contributed by atoms with van der Waals surface area (Å²) >= 11 is 0. The Balaban J connectivity index is 1.82. The van der Waals surface area contributed by atoms with Crippen LogP contribution in [0.15, 0.2) is 24.3 Å². The van der Waals surface area contributed by atoms with E-state index in [4.69, 9.17) is 4.74 Å². The van der Waals surface area contributed by atoms with E-state index in [1.807, 2.05) is 0 Å². The Morgan fingerprint density at radius 2 is 1.80 bits per heavy atom. The molecule has 0 spiro atoms. The first-order chi connectivity index (χ1) is 11.7. The number of hydrogen-bond acceptors (Lipinski definition) is 6. The highest BCUT2D eigenvalue weighted by Gasteiger charge is 2.43. The molecule has 1 amide bonds. The summed E-state index contributed by atoms with van der Waals surface area (Å²) in [6, 6.07) is 5.63. The molecule has 1 aromatic rings. The van der Waals surface area contributed by atoms with Crippen LogP contribution in [0.1, 0.15) is 12.0 Å². The first-order valence-corrected chi connectivity index (χ1v) is 9.52. The number of benzene rings is 1. The lowest BCUT2D eigenvalue weighted by Crippen LogP contribution is -2.39. The minimum absolute atomic E-state index is 0.184. The van der Waals surface area contributed by atoms with Gasteiger partial charge in [-0.1, -0.05) is 12.1 Å². The minimum Gasteiger partial charge on any atom is -0.388 e. The topological polar surface area (TPSA) is 125 Å². The lowest BCUT2D eigenvalue weighted by Gasteiger charge is -2.14. The first-order valence-electron chi connectivity index (χ1n) is 7.63. The number of amides is 1. The van der Waals surface area contributed by atoms with Crippen molar-refractivity contribution in [2.75, 3.05) is 12.8 Å². The number of carbonyl (C=O) groups excluding carboxylic acids is 1. The standard InChI is InChI=1S/C15H21FN2O6S/c1-25(22,23)18-8-12-15(21)14(20)11(24-12)6-13(19)17-7-9-2-4-10(16)5-3-9/h2-5,11-12,14-15,18,20-21H,6-8H2,1H3,(H,17,19). The highest BCUT2D eigenvalue weighted by atomic mass is 32.2. The van der Waals surface area contributed by atoms with Gasteiger partial charge in [0.05, 0.1) is 18.8 Å². The van der Waals surface area contributed by atoms with Crippen molar-refractivity contribution in [3.8, 4) is 0 Å². The number of sulfonamides is 1. The average molecular weight is 376 g/mol. The lowest BCUT2D eigenvalue weighted by molar-refractivity contribution is -0.125. The third kappa shape index (κ3) is 6.01. The SMILES string of the molecule is CS(=O)(=O)NCC1OC(CC(=O)NCc2ccc(F)cc2)C(O)C1O. The molecule has 140 valence electrons. The fourth-order valence-electron chi connectivity index (χ4n) is 2.45. The Labute approximate surface area is 145 Å². The van der Waals surface area contributed by atoms with Crippen LogP contribution in [0.3, 0.4) is 0 Å². The van der Waals surface area contributed by atoms with E-state index in [0.29, 0.717) is 5.56 Å². The molecule has 4 unspecified atom stereocenters. The largest absolute Gasteiger partial charge is 0.388 e. The van der Waals surface area contributed by atoms with Crippen molar-refractivity contribution in [1.82, 2.24) is 10.0 Å². The zero-order valence-corrected chi connectivity index (χ0v) is 14.4. The number of hydrogen-bond donors (Lipinski definition) is 4. The Kier molecular flexibility index (Phi) is 6.47. The van der Waals surface area contributed by atoms with Crippen LogP contribution in [-0.2, 0) is 26.1 Å².